The Morgan fingerprint density at radius 2 is 2.15 bits per heavy atom. The van der Waals surface area contributed by atoms with E-state index in [0.29, 0.717) is 0 Å². The van der Waals surface area contributed by atoms with Gasteiger partial charge in [0, 0.05) is 23.4 Å². The molecule has 39 heavy (non-hydrogen) atoms. The van der Waals surface area contributed by atoms with Crippen molar-refractivity contribution >= 4 is 69.5 Å². The molecule has 5 N–H and O–H groups in total. The van der Waals surface area contributed by atoms with Crippen LogP contribution in [0.25, 0.3) is 0 Å². The molecule has 0 spiro atoms. The van der Waals surface area contributed by atoms with Crippen molar-refractivity contribution in [2.75, 3.05) is 23.8 Å². The highest BCUT2D eigenvalue weighted by Gasteiger charge is 2.57. The fraction of sp³-hybridized carbons (Fsp3) is 0.550. The number of anilines is 1. The summed E-state index contributed by atoms with van der Waals surface area (Å²) in [5, 5.41) is 38.3. The molecule has 2 saturated heterocycles. The Morgan fingerprint density at radius 1 is 1.38 bits per heavy atom. The standard InChI is InChI=1S/C20H25N9O7S3/c1-9(2)36-25-12(10-5-37-18(21)22-10)14(32)23-13-15(33)28-6-20(17(34)35,7-38-16(13)28)8-39-19-24-26-27-29(19)4-3-11(30)31/h5,9,13,16H,3-4,6-8H2,1-2H3,(H2,21,22)(H,23,32)(H,30,31)(H,34,35)/t13?,16-,20?/m1/s1. The number of hydrogen-bond donors (Lipinski definition) is 4. The number of carbonyl (C=O) groups is 4. The monoisotopic (exact) mass is 599 g/mol. The van der Waals surface area contributed by atoms with E-state index in [2.05, 4.69) is 31.0 Å². The number of carbonyl (C=O) groups excluding carboxylic acids is 2. The van der Waals surface area contributed by atoms with Crippen LogP contribution in [-0.4, -0.2) is 105 Å². The number of nitrogen functional groups attached to an aromatic ring is 1. The van der Waals surface area contributed by atoms with Gasteiger partial charge in [0.1, 0.15) is 28.6 Å². The maximum Gasteiger partial charge on any atom is 0.313 e. The molecular weight excluding hydrogens is 574 g/mol. The predicted molar refractivity (Wildman–Crippen MR) is 140 cm³/mol. The Labute approximate surface area is 233 Å². The van der Waals surface area contributed by atoms with Crippen LogP contribution in [0.15, 0.2) is 15.7 Å². The van der Waals surface area contributed by atoms with E-state index < -0.39 is 40.6 Å². The number of hydrogen-bond acceptors (Lipinski definition) is 14. The molecule has 210 valence electrons. The van der Waals surface area contributed by atoms with Crippen molar-refractivity contribution in [3.8, 4) is 0 Å². The van der Waals surface area contributed by atoms with Crippen LogP contribution in [0.3, 0.4) is 0 Å². The number of amides is 2. The van der Waals surface area contributed by atoms with E-state index in [0.717, 1.165) is 23.1 Å². The van der Waals surface area contributed by atoms with Crippen LogP contribution in [-0.2, 0) is 30.6 Å². The minimum absolute atomic E-state index is 0.0363. The van der Waals surface area contributed by atoms with Gasteiger partial charge in [0.05, 0.1) is 13.0 Å². The number of rotatable bonds is 12. The van der Waals surface area contributed by atoms with Gasteiger partial charge < -0.3 is 31.0 Å². The molecule has 16 nitrogen and oxygen atoms in total. The van der Waals surface area contributed by atoms with Gasteiger partial charge in [-0.1, -0.05) is 16.9 Å². The second-order valence-corrected chi connectivity index (χ2v) is 11.9. The van der Waals surface area contributed by atoms with Crippen molar-refractivity contribution in [3.63, 3.8) is 0 Å². The first-order chi connectivity index (χ1) is 18.5. The number of tetrazole rings is 1. The average Bonchev–Trinajstić information content (AvgIpc) is 3.52. The zero-order valence-corrected chi connectivity index (χ0v) is 23.2. The third kappa shape index (κ3) is 6.25. The zero-order chi connectivity index (χ0) is 28.3. The maximum absolute atomic E-state index is 13.1. The molecule has 2 aliphatic rings. The Balaban J connectivity index is 1.41. The van der Waals surface area contributed by atoms with Gasteiger partial charge in [-0.15, -0.1) is 28.2 Å². The minimum Gasteiger partial charge on any atom is -0.481 e. The molecule has 3 atom stereocenters. The highest BCUT2D eigenvalue weighted by Crippen LogP contribution is 2.44. The van der Waals surface area contributed by atoms with Gasteiger partial charge >= 0.3 is 11.9 Å². The molecule has 2 fully saturated rings. The quantitative estimate of drug-likeness (QED) is 0.105. The summed E-state index contributed by atoms with van der Waals surface area (Å²) in [6, 6.07) is -0.884. The van der Waals surface area contributed by atoms with Crippen molar-refractivity contribution in [1.29, 1.82) is 0 Å². The lowest BCUT2D eigenvalue weighted by Crippen LogP contribution is -2.74. The first-order valence-electron chi connectivity index (χ1n) is 11.5. The van der Waals surface area contributed by atoms with Crippen molar-refractivity contribution in [2.24, 2.45) is 10.6 Å². The summed E-state index contributed by atoms with van der Waals surface area (Å²) in [6.45, 7) is 3.44. The summed E-state index contributed by atoms with van der Waals surface area (Å²) < 4.78 is 1.30. The number of aromatic nitrogens is 5. The number of thiazole rings is 1. The van der Waals surface area contributed by atoms with Crippen molar-refractivity contribution < 1.29 is 34.2 Å². The SMILES string of the molecule is CC(C)ON=C(C(=O)NC1C(=O)N2CC(CSc3nnnn3CCC(=O)O)(C(=O)O)CS[C@H]12)c1csc(N)n1. The molecule has 2 unspecified atom stereocenters. The van der Waals surface area contributed by atoms with E-state index in [4.69, 9.17) is 15.7 Å². The normalized spacial score (nSPS) is 22.8. The van der Waals surface area contributed by atoms with E-state index in [1.165, 1.54) is 21.3 Å². The smallest absolute Gasteiger partial charge is 0.313 e. The molecule has 2 aromatic rings. The van der Waals surface area contributed by atoms with Crippen molar-refractivity contribution in [1.82, 2.24) is 35.4 Å². The van der Waals surface area contributed by atoms with Gasteiger partial charge in [-0.25, -0.2) is 9.67 Å². The van der Waals surface area contributed by atoms with E-state index in [1.807, 2.05) is 0 Å². The van der Waals surface area contributed by atoms with Crippen LogP contribution in [0.5, 0.6) is 0 Å². The van der Waals surface area contributed by atoms with Gasteiger partial charge in [0.25, 0.3) is 5.91 Å². The van der Waals surface area contributed by atoms with Crippen molar-refractivity contribution in [3.05, 3.63) is 11.1 Å². The summed E-state index contributed by atoms with van der Waals surface area (Å²) in [6.07, 6.45) is -0.496. The number of aryl methyl sites for hydroxylation is 1. The number of thioether (sulfide) groups is 2. The lowest BCUT2D eigenvalue weighted by atomic mass is 9.89. The molecule has 2 aliphatic heterocycles. The number of fused-ring (bicyclic) bond motifs is 1. The van der Waals surface area contributed by atoms with Crippen LogP contribution in [0.4, 0.5) is 5.13 Å². The average molecular weight is 600 g/mol. The summed E-state index contributed by atoms with van der Waals surface area (Å²) in [5.41, 5.74) is 4.47. The van der Waals surface area contributed by atoms with Crippen LogP contribution >= 0.6 is 34.9 Å². The minimum atomic E-state index is -1.31. The third-order valence-electron chi connectivity index (χ3n) is 5.73. The predicted octanol–water partition coefficient (Wildman–Crippen LogP) is -0.421. The summed E-state index contributed by atoms with van der Waals surface area (Å²) >= 11 is 3.45. The number of carboxylic acids is 2. The molecular formula is C20H25N9O7S3. The first kappa shape index (κ1) is 28.6. The van der Waals surface area contributed by atoms with Crippen LogP contribution in [0, 0.1) is 5.41 Å². The van der Waals surface area contributed by atoms with E-state index >= 15 is 0 Å². The second kappa shape index (κ2) is 11.7. The van der Waals surface area contributed by atoms with Crippen LogP contribution in [0.1, 0.15) is 26.0 Å². The molecule has 4 rings (SSSR count). The molecule has 4 heterocycles. The van der Waals surface area contributed by atoms with E-state index in [1.54, 1.807) is 19.2 Å². The van der Waals surface area contributed by atoms with Gasteiger partial charge in [0.2, 0.25) is 11.1 Å². The number of aliphatic carboxylic acids is 2. The van der Waals surface area contributed by atoms with Gasteiger partial charge in [-0.2, -0.15) is 0 Å². The van der Waals surface area contributed by atoms with E-state index in [-0.39, 0.29) is 58.8 Å². The summed E-state index contributed by atoms with van der Waals surface area (Å²) in [7, 11) is 0. The lowest BCUT2D eigenvalue weighted by molar-refractivity contribution is -0.157. The Morgan fingerprint density at radius 3 is 2.79 bits per heavy atom. The number of carboxylic acid groups (broad SMARTS) is 2. The van der Waals surface area contributed by atoms with Gasteiger partial charge in [0.15, 0.2) is 10.8 Å². The Kier molecular flexibility index (Phi) is 8.60. The maximum atomic E-state index is 13.1. The fourth-order valence-electron chi connectivity index (χ4n) is 3.72. The molecule has 0 radical (unpaired) electrons. The Bertz CT molecular complexity index is 1300. The molecule has 2 amide bonds. The second-order valence-electron chi connectivity index (χ2n) is 8.99. The molecule has 0 saturated carbocycles. The molecule has 0 aliphatic carbocycles. The largest absolute Gasteiger partial charge is 0.481 e. The Hall–Kier alpha value is -3.45. The van der Waals surface area contributed by atoms with Crippen LogP contribution < -0.4 is 11.1 Å². The highest BCUT2D eigenvalue weighted by molar-refractivity contribution is 8.00. The molecule has 19 heteroatoms. The lowest BCUT2D eigenvalue weighted by Gasteiger charge is -2.53. The molecule has 0 aromatic carbocycles. The third-order valence-corrected chi connectivity index (χ3v) is 9.24. The number of nitrogens with two attached hydrogens (primary N) is 1. The van der Waals surface area contributed by atoms with Gasteiger partial charge in [-0.3, -0.25) is 19.2 Å². The summed E-state index contributed by atoms with van der Waals surface area (Å²) in [4.78, 5) is 60.0. The first-order valence-corrected chi connectivity index (χ1v) is 14.4. The molecule has 2 aromatic heterocycles. The molecule has 0 bridgehead atoms. The topological polar surface area (TPSA) is 228 Å². The number of nitrogens with zero attached hydrogens (tertiary/aromatic N) is 7. The summed E-state index contributed by atoms with van der Waals surface area (Å²) in [5.74, 6) is -3.00. The zero-order valence-electron chi connectivity index (χ0n) is 20.7. The van der Waals surface area contributed by atoms with Crippen LogP contribution in [0.2, 0.25) is 0 Å². The van der Waals surface area contributed by atoms with Gasteiger partial charge in [-0.05, 0) is 24.3 Å². The van der Waals surface area contributed by atoms with Crippen molar-refractivity contribution in [2.45, 2.75) is 49.5 Å². The van der Waals surface area contributed by atoms with E-state index in [9.17, 15) is 24.3 Å². The number of oxime groups is 1. The fourth-order valence-corrected chi connectivity index (χ4v) is 7.03. The number of nitrogens with one attached hydrogen (secondary N) is 1. The highest BCUT2D eigenvalue weighted by atomic mass is 32.2. The number of β-lactam (4-membered cyclic amide) rings is 1.